The summed E-state index contributed by atoms with van der Waals surface area (Å²) in [6.07, 6.45) is 3.74. The predicted octanol–water partition coefficient (Wildman–Crippen LogP) is 6.75. The fourth-order valence-corrected chi connectivity index (χ4v) is 4.55. The molecule has 32 heavy (non-hydrogen) atoms. The van der Waals surface area contributed by atoms with Crippen LogP contribution in [-0.2, 0) is 0 Å². The Morgan fingerprint density at radius 3 is 2.53 bits per heavy atom. The third kappa shape index (κ3) is 4.06. The van der Waals surface area contributed by atoms with E-state index < -0.39 is 0 Å². The van der Waals surface area contributed by atoms with Crippen LogP contribution in [0.25, 0.3) is 11.0 Å². The van der Waals surface area contributed by atoms with Gasteiger partial charge in [0, 0.05) is 10.4 Å². The van der Waals surface area contributed by atoms with Crippen LogP contribution in [0.2, 0.25) is 5.02 Å². The second-order valence-electron chi connectivity index (χ2n) is 8.44. The van der Waals surface area contributed by atoms with Gasteiger partial charge in [0.1, 0.15) is 11.3 Å². The average Bonchev–Trinajstić information content (AvgIpc) is 3.46. The molecule has 3 heterocycles. The molecule has 1 aliphatic rings. The van der Waals surface area contributed by atoms with E-state index >= 15 is 0 Å². The fraction of sp³-hybridized carbons (Fsp3) is 0.269. The number of halogens is 1. The summed E-state index contributed by atoms with van der Waals surface area (Å²) in [4.78, 5) is 15.3. The van der Waals surface area contributed by atoms with Gasteiger partial charge in [-0.15, -0.1) is 0 Å². The first-order chi connectivity index (χ1) is 15.6. The number of nitrogens with one attached hydrogen (secondary N) is 1. The van der Waals surface area contributed by atoms with Crippen molar-refractivity contribution in [2.24, 2.45) is 5.92 Å². The molecule has 0 saturated carbocycles. The Bertz CT molecular complexity index is 1210. The van der Waals surface area contributed by atoms with Crippen molar-refractivity contribution in [2.45, 2.75) is 25.8 Å². The number of likely N-dealkylation sites (tertiary alicyclic amines) is 1. The molecule has 1 atom stereocenters. The van der Waals surface area contributed by atoms with Crippen LogP contribution in [0.15, 0.2) is 75.8 Å². The number of benzene rings is 2. The van der Waals surface area contributed by atoms with Crippen molar-refractivity contribution >= 4 is 34.2 Å². The summed E-state index contributed by atoms with van der Waals surface area (Å²) in [5.74, 6) is 1.38. The number of carbonyl (C=O) groups is 1. The Hall–Kier alpha value is -3.02. The van der Waals surface area contributed by atoms with E-state index in [1.165, 1.54) is 6.26 Å². The Morgan fingerprint density at radius 1 is 1.06 bits per heavy atom. The normalized spacial score (nSPS) is 16.3. The molecule has 164 valence electrons. The summed E-state index contributed by atoms with van der Waals surface area (Å²) in [5.41, 5.74) is 2.50. The van der Waals surface area contributed by atoms with Crippen LogP contribution in [0.1, 0.15) is 47.7 Å². The van der Waals surface area contributed by atoms with E-state index in [9.17, 15) is 4.79 Å². The largest absolute Gasteiger partial charge is 0.459 e. The minimum absolute atomic E-state index is 0.140. The second kappa shape index (κ2) is 8.85. The minimum atomic E-state index is -0.301. The molecule has 0 bridgehead atoms. The molecule has 0 aliphatic carbocycles. The molecule has 0 spiro atoms. The van der Waals surface area contributed by atoms with Gasteiger partial charge in [0.2, 0.25) is 0 Å². The summed E-state index contributed by atoms with van der Waals surface area (Å²) in [6, 6.07) is 18.9. The number of anilines is 1. The SMILES string of the molecule is CC1CCN([C@@H](c2ccc(Cl)cc2)c2oc3ccccc3c2NC(=O)c2ccco2)CC1. The van der Waals surface area contributed by atoms with Crippen molar-refractivity contribution in [3.05, 3.63) is 89.0 Å². The number of carbonyl (C=O) groups excluding carboxylic acids is 1. The first-order valence-corrected chi connectivity index (χ1v) is 11.3. The van der Waals surface area contributed by atoms with Crippen molar-refractivity contribution in [1.82, 2.24) is 4.90 Å². The Kier molecular flexibility index (Phi) is 5.77. The van der Waals surface area contributed by atoms with Crippen LogP contribution < -0.4 is 5.32 Å². The molecule has 0 radical (unpaired) electrons. The van der Waals surface area contributed by atoms with Gasteiger partial charge < -0.3 is 14.2 Å². The summed E-state index contributed by atoms with van der Waals surface area (Å²) in [7, 11) is 0. The van der Waals surface area contributed by atoms with Crippen molar-refractivity contribution in [3.8, 4) is 0 Å². The van der Waals surface area contributed by atoms with Gasteiger partial charge in [0.05, 0.1) is 18.0 Å². The molecule has 2 aromatic carbocycles. The number of para-hydroxylation sites is 1. The number of piperidine rings is 1. The van der Waals surface area contributed by atoms with E-state index in [0.29, 0.717) is 16.6 Å². The number of amides is 1. The van der Waals surface area contributed by atoms with Crippen LogP contribution in [0.3, 0.4) is 0 Å². The number of hydrogen-bond donors (Lipinski definition) is 1. The molecular weight excluding hydrogens is 424 g/mol. The third-order valence-electron chi connectivity index (χ3n) is 6.22. The Labute approximate surface area is 192 Å². The van der Waals surface area contributed by atoms with Crippen LogP contribution in [-0.4, -0.2) is 23.9 Å². The van der Waals surface area contributed by atoms with E-state index in [1.807, 2.05) is 48.5 Å². The monoisotopic (exact) mass is 448 g/mol. The number of nitrogens with zero attached hydrogens (tertiary/aromatic N) is 1. The average molecular weight is 449 g/mol. The molecule has 1 fully saturated rings. The van der Waals surface area contributed by atoms with Gasteiger partial charge in [-0.05, 0) is 73.8 Å². The lowest BCUT2D eigenvalue weighted by molar-refractivity contribution is 0.0995. The number of fused-ring (bicyclic) bond motifs is 1. The van der Waals surface area contributed by atoms with Crippen molar-refractivity contribution < 1.29 is 13.6 Å². The molecule has 1 amide bonds. The van der Waals surface area contributed by atoms with Gasteiger partial charge >= 0.3 is 0 Å². The maximum atomic E-state index is 12.9. The highest BCUT2D eigenvalue weighted by atomic mass is 35.5. The summed E-state index contributed by atoms with van der Waals surface area (Å²) in [6.45, 7) is 4.21. The van der Waals surface area contributed by atoms with Gasteiger partial charge in [-0.25, -0.2) is 0 Å². The Morgan fingerprint density at radius 2 is 1.81 bits per heavy atom. The smallest absolute Gasteiger partial charge is 0.291 e. The van der Waals surface area contributed by atoms with Crippen LogP contribution in [0.4, 0.5) is 5.69 Å². The van der Waals surface area contributed by atoms with Gasteiger partial charge in [0.25, 0.3) is 5.91 Å². The molecule has 2 aromatic heterocycles. The maximum absolute atomic E-state index is 12.9. The van der Waals surface area contributed by atoms with E-state index in [1.54, 1.807) is 12.1 Å². The Balaban J connectivity index is 1.63. The number of furan rings is 2. The molecule has 1 saturated heterocycles. The second-order valence-corrected chi connectivity index (χ2v) is 8.88. The summed E-state index contributed by atoms with van der Waals surface area (Å²) < 4.78 is 11.7. The highest BCUT2D eigenvalue weighted by molar-refractivity contribution is 6.30. The maximum Gasteiger partial charge on any atom is 0.291 e. The van der Waals surface area contributed by atoms with Crippen LogP contribution in [0, 0.1) is 5.92 Å². The molecule has 6 heteroatoms. The summed E-state index contributed by atoms with van der Waals surface area (Å²) >= 11 is 6.18. The molecular formula is C26H25ClN2O3. The zero-order valence-electron chi connectivity index (χ0n) is 17.9. The molecule has 5 nitrogen and oxygen atoms in total. The fourth-order valence-electron chi connectivity index (χ4n) is 4.43. The molecule has 5 rings (SSSR count). The molecule has 0 unspecified atom stereocenters. The number of hydrogen-bond acceptors (Lipinski definition) is 4. The molecule has 1 aliphatic heterocycles. The van der Waals surface area contributed by atoms with Crippen molar-refractivity contribution in [2.75, 3.05) is 18.4 Å². The lowest BCUT2D eigenvalue weighted by atomic mass is 9.94. The zero-order chi connectivity index (χ0) is 22.1. The first-order valence-electron chi connectivity index (χ1n) is 11.0. The standard InChI is InChI=1S/C26H25ClN2O3/c1-17-12-14-29(15-13-17)24(18-8-10-19(27)11-9-18)25-23(20-5-2-3-6-21(20)32-25)28-26(30)22-7-4-16-31-22/h2-11,16-17,24H,12-15H2,1H3,(H,28,30)/t24-/m0/s1. The molecule has 4 aromatic rings. The zero-order valence-corrected chi connectivity index (χ0v) is 18.6. The first kappa shape index (κ1) is 20.9. The minimum Gasteiger partial charge on any atom is -0.459 e. The molecule has 1 N–H and O–H groups in total. The number of rotatable bonds is 5. The van der Waals surface area contributed by atoms with E-state index in [0.717, 1.165) is 48.2 Å². The highest BCUT2D eigenvalue weighted by Gasteiger charge is 2.32. The van der Waals surface area contributed by atoms with Gasteiger partial charge in [-0.1, -0.05) is 42.8 Å². The van der Waals surface area contributed by atoms with Gasteiger partial charge in [0.15, 0.2) is 5.76 Å². The lowest BCUT2D eigenvalue weighted by Crippen LogP contribution is -2.37. The highest BCUT2D eigenvalue weighted by Crippen LogP contribution is 2.42. The van der Waals surface area contributed by atoms with Crippen LogP contribution >= 0.6 is 11.6 Å². The van der Waals surface area contributed by atoms with Gasteiger partial charge in [-0.2, -0.15) is 0 Å². The van der Waals surface area contributed by atoms with Crippen LogP contribution in [0.5, 0.6) is 0 Å². The van der Waals surface area contributed by atoms with E-state index in [2.05, 4.69) is 17.1 Å². The summed E-state index contributed by atoms with van der Waals surface area (Å²) in [5, 5.41) is 4.62. The van der Waals surface area contributed by atoms with Crippen molar-refractivity contribution in [1.29, 1.82) is 0 Å². The van der Waals surface area contributed by atoms with Crippen molar-refractivity contribution in [3.63, 3.8) is 0 Å². The van der Waals surface area contributed by atoms with E-state index in [-0.39, 0.29) is 17.7 Å². The lowest BCUT2D eigenvalue weighted by Gasteiger charge is -2.36. The van der Waals surface area contributed by atoms with Gasteiger partial charge in [-0.3, -0.25) is 9.69 Å². The third-order valence-corrected chi connectivity index (χ3v) is 6.48. The topological polar surface area (TPSA) is 58.6 Å². The quantitative estimate of drug-likeness (QED) is 0.366. The predicted molar refractivity (Wildman–Crippen MR) is 126 cm³/mol. The van der Waals surface area contributed by atoms with E-state index in [4.69, 9.17) is 20.4 Å².